The number of nitrogens with zero attached hydrogens (tertiary/aromatic N) is 2. The Balaban J connectivity index is 2.22. The Kier molecular flexibility index (Phi) is 2.72. The standard InChI is InChI=1S/C12H13N3O/c1-9-5-3-4-6-10(9)11(16)14-12-13-7-8-15(12)2/h3-8H,1-2H3,(H,13,14,16). The molecule has 0 fully saturated rings. The molecule has 1 aromatic heterocycles. The number of benzene rings is 1. The van der Waals surface area contributed by atoms with Crippen LogP contribution in [0.25, 0.3) is 0 Å². The summed E-state index contributed by atoms with van der Waals surface area (Å²) in [6.45, 7) is 1.91. The average molecular weight is 215 g/mol. The van der Waals surface area contributed by atoms with E-state index in [1.807, 2.05) is 32.2 Å². The fourth-order valence-corrected chi connectivity index (χ4v) is 1.48. The van der Waals surface area contributed by atoms with Crippen molar-refractivity contribution in [2.75, 3.05) is 5.32 Å². The van der Waals surface area contributed by atoms with Gasteiger partial charge in [0.15, 0.2) is 0 Å². The largest absolute Gasteiger partial charge is 0.320 e. The summed E-state index contributed by atoms with van der Waals surface area (Å²) in [5, 5.41) is 2.76. The summed E-state index contributed by atoms with van der Waals surface area (Å²) in [6, 6.07) is 7.47. The van der Waals surface area contributed by atoms with Gasteiger partial charge >= 0.3 is 0 Å². The van der Waals surface area contributed by atoms with Gasteiger partial charge in [0.25, 0.3) is 5.91 Å². The molecule has 0 unspecified atom stereocenters. The van der Waals surface area contributed by atoms with E-state index >= 15 is 0 Å². The van der Waals surface area contributed by atoms with Crippen molar-refractivity contribution in [1.82, 2.24) is 9.55 Å². The summed E-state index contributed by atoms with van der Waals surface area (Å²) >= 11 is 0. The van der Waals surface area contributed by atoms with Gasteiger partial charge in [-0.15, -0.1) is 0 Å². The van der Waals surface area contributed by atoms with Crippen LogP contribution in [0.3, 0.4) is 0 Å². The number of carbonyl (C=O) groups excluding carboxylic acids is 1. The minimum absolute atomic E-state index is 0.132. The summed E-state index contributed by atoms with van der Waals surface area (Å²) in [6.07, 6.45) is 3.43. The molecule has 0 radical (unpaired) electrons. The molecule has 0 atom stereocenters. The SMILES string of the molecule is Cc1ccccc1C(=O)Nc1nccn1C. The lowest BCUT2D eigenvalue weighted by atomic mass is 10.1. The molecule has 0 saturated heterocycles. The molecule has 0 aliphatic rings. The van der Waals surface area contributed by atoms with Crippen molar-refractivity contribution in [2.24, 2.45) is 7.05 Å². The number of imidazole rings is 1. The Hall–Kier alpha value is -2.10. The minimum Gasteiger partial charge on any atom is -0.320 e. The van der Waals surface area contributed by atoms with Crippen LogP contribution in [0.4, 0.5) is 5.95 Å². The van der Waals surface area contributed by atoms with Crippen molar-refractivity contribution in [3.05, 3.63) is 47.8 Å². The fraction of sp³-hybridized carbons (Fsp3) is 0.167. The molecule has 16 heavy (non-hydrogen) atoms. The Bertz CT molecular complexity index is 516. The van der Waals surface area contributed by atoms with Crippen molar-refractivity contribution in [3.63, 3.8) is 0 Å². The van der Waals surface area contributed by atoms with Crippen LogP contribution in [0.5, 0.6) is 0 Å². The van der Waals surface area contributed by atoms with Crippen LogP contribution < -0.4 is 5.32 Å². The molecule has 0 saturated carbocycles. The summed E-state index contributed by atoms with van der Waals surface area (Å²) in [7, 11) is 1.83. The van der Waals surface area contributed by atoms with E-state index in [0.717, 1.165) is 5.56 Å². The molecule has 1 heterocycles. The van der Waals surface area contributed by atoms with Crippen molar-refractivity contribution in [3.8, 4) is 0 Å². The maximum absolute atomic E-state index is 11.9. The average Bonchev–Trinajstić information content (AvgIpc) is 2.65. The van der Waals surface area contributed by atoms with Crippen LogP contribution in [0.1, 0.15) is 15.9 Å². The van der Waals surface area contributed by atoms with Crippen molar-refractivity contribution in [2.45, 2.75) is 6.92 Å². The first-order chi connectivity index (χ1) is 7.68. The zero-order chi connectivity index (χ0) is 11.5. The highest BCUT2D eigenvalue weighted by molar-refractivity contribution is 6.04. The molecule has 1 N–H and O–H groups in total. The maximum Gasteiger partial charge on any atom is 0.258 e. The van der Waals surface area contributed by atoms with E-state index in [-0.39, 0.29) is 5.91 Å². The lowest BCUT2D eigenvalue weighted by Crippen LogP contribution is -2.15. The number of rotatable bonds is 2. The normalized spacial score (nSPS) is 10.1. The number of nitrogens with one attached hydrogen (secondary N) is 1. The topological polar surface area (TPSA) is 46.9 Å². The quantitative estimate of drug-likeness (QED) is 0.832. The van der Waals surface area contributed by atoms with Gasteiger partial charge in [0.1, 0.15) is 0 Å². The smallest absolute Gasteiger partial charge is 0.258 e. The molecule has 1 aromatic carbocycles. The van der Waals surface area contributed by atoms with Crippen molar-refractivity contribution >= 4 is 11.9 Å². The van der Waals surface area contributed by atoms with Gasteiger partial charge in [0, 0.05) is 25.0 Å². The summed E-state index contributed by atoms with van der Waals surface area (Å²) in [5.41, 5.74) is 1.62. The molecule has 0 spiro atoms. The number of hydrogen-bond donors (Lipinski definition) is 1. The monoisotopic (exact) mass is 215 g/mol. The van der Waals surface area contributed by atoms with Gasteiger partial charge < -0.3 is 4.57 Å². The number of carbonyl (C=O) groups is 1. The first kappa shape index (κ1) is 10.4. The van der Waals surface area contributed by atoms with Crippen LogP contribution in [0, 0.1) is 6.92 Å². The van der Waals surface area contributed by atoms with Gasteiger partial charge in [-0.3, -0.25) is 10.1 Å². The Morgan fingerprint density at radius 2 is 2.12 bits per heavy atom. The lowest BCUT2D eigenvalue weighted by molar-refractivity contribution is 0.102. The number of aryl methyl sites for hydroxylation is 2. The molecule has 2 rings (SSSR count). The highest BCUT2D eigenvalue weighted by atomic mass is 16.1. The van der Waals surface area contributed by atoms with E-state index in [9.17, 15) is 4.79 Å². The molecule has 0 aliphatic carbocycles. The van der Waals surface area contributed by atoms with Gasteiger partial charge in [0.2, 0.25) is 5.95 Å². The Morgan fingerprint density at radius 1 is 1.38 bits per heavy atom. The second-order valence-corrected chi connectivity index (χ2v) is 3.63. The fourth-order valence-electron chi connectivity index (χ4n) is 1.48. The van der Waals surface area contributed by atoms with E-state index in [4.69, 9.17) is 0 Å². The molecule has 1 amide bonds. The Labute approximate surface area is 93.9 Å². The van der Waals surface area contributed by atoms with E-state index in [0.29, 0.717) is 11.5 Å². The number of aromatic nitrogens is 2. The molecule has 4 heteroatoms. The minimum atomic E-state index is -0.132. The van der Waals surface area contributed by atoms with Crippen LogP contribution in [-0.4, -0.2) is 15.5 Å². The molecule has 4 nitrogen and oxygen atoms in total. The van der Waals surface area contributed by atoms with E-state index in [2.05, 4.69) is 10.3 Å². The van der Waals surface area contributed by atoms with Gasteiger partial charge in [-0.1, -0.05) is 18.2 Å². The molecular formula is C12H13N3O. The number of hydrogen-bond acceptors (Lipinski definition) is 2. The second kappa shape index (κ2) is 4.18. The van der Waals surface area contributed by atoms with Crippen LogP contribution >= 0.6 is 0 Å². The summed E-state index contributed by atoms with van der Waals surface area (Å²) < 4.78 is 1.76. The van der Waals surface area contributed by atoms with Crippen molar-refractivity contribution < 1.29 is 4.79 Å². The van der Waals surface area contributed by atoms with E-state index in [1.54, 1.807) is 23.0 Å². The first-order valence-electron chi connectivity index (χ1n) is 5.03. The number of amides is 1. The third-order valence-corrected chi connectivity index (χ3v) is 2.44. The molecular weight excluding hydrogens is 202 g/mol. The molecule has 0 bridgehead atoms. The van der Waals surface area contributed by atoms with Crippen molar-refractivity contribution in [1.29, 1.82) is 0 Å². The van der Waals surface area contributed by atoms with Crippen LogP contribution in [0.15, 0.2) is 36.7 Å². The van der Waals surface area contributed by atoms with Gasteiger partial charge in [-0.25, -0.2) is 4.98 Å². The zero-order valence-electron chi connectivity index (χ0n) is 9.27. The summed E-state index contributed by atoms with van der Waals surface area (Å²) in [5.74, 6) is 0.417. The molecule has 2 aromatic rings. The molecule has 0 aliphatic heterocycles. The third kappa shape index (κ3) is 1.95. The Morgan fingerprint density at radius 3 is 2.75 bits per heavy atom. The molecule has 82 valence electrons. The predicted molar refractivity (Wildman–Crippen MR) is 62.3 cm³/mol. The highest BCUT2D eigenvalue weighted by Gasteiger charge is 2.10. The number of anilines is 1. The zero-order valence-corrected chi connectivity index (χ0v) is 9.27. The van der Waals surface area contributed by atoms with Crippen LogP contribution in [0.2, 0.25) is 0 Å². The van der Waals surface area contributed by atoms with E-state index < -0.39 is 0 Å². The van der Waals surface area contributed by atoms with Gasteiger partial charge in [0.05, 0.1) is 0 Å². The first-order valence-corrected chi connectivity index (χ1v) is 5.03. The van der Waals surface area contributed by atoms with Gasteiger partial charge in [-0.05, 0) is 18.6 Å². The predicted octanol–water partition coefficient (Wildman–Crippen LogP) is 1.98. The third-order valence-electron chi connectivity index (χ3n) is 2.44. The maximum atomic E-state index is 11.9. The second-order valence-electron chi connectivity index (χ2n) is 3.63. The van der Waals surface area contributed by atoms with Gasteiger partial charge in [-0.2, -0.15) is 0 Å². The lowest BCUT2D eigenvalue weighted by Gasteiger charge is -2.06. The highest BCUT2D eigenvalue weighted by Crippen LogP contribution is 2.10. The van der Waals surface area contributed by atoms with Crippen LogP contribution in [-0.2, 0) is 7.05 Å². The summed E-state index contributed by atoms with van der Waals surface area (Å²) in [4.78, 5) is 16.0. The van der Waals surface area contributed by atoms with E-state index in [1.165, 1.54) is 0 Å².